The average molecular weight is 393 g/mol. The Morgan fingerprint density at radius 2 is 1.70 bits per heavy atom. The second-order valence-electron chi connectivity index (χ2n) is 7.81. The maximum atomic E-state index is 13.2. The van der Waals surface area contributed by atoms with Crippen molar-refractivity contribution in [2.75, 3.05) is 19.6 Å². The Morgan fingerprint density at radius 3 is 2.30 bits per heavy atom. The van der Waals surface area contributed by atoms with Gasteiger partial charge < -0.3 is 4.90 Å². The summed E-state index contributed by atoms with van der Waals surface area (Å²) in [6.45, 7) is 5.32. The van der Waals surface area contributed by atoms with E-state index < -0.39 is 10.0 Å². The summed E-state index contributed by atoms with van der Waals surface area (Å²) in [6.07, 6.45) is 8.36. The largest absolute Gasteiger partial charge is 0.335 e. The highest BCUT2D eigenvalue weighted by atomic mass is 32.2. The number of hydrogen-bond acceptors (Lipinski definition) is 3. The van der Waals surface area contributed by atoms with Crippen LogP contribution in [-0.4, -0.2) is 49.2 Å². The van der Waals surface area contributed by atoms with E-state index in [9.17, 15) is 13.2 Å². The summed E-state index contributed by atoms with van der Waals surface area (Å²) >= 11 is 0. The van der Waals surface area contributed by atoms with Crippen molar-refractivity contribution in [3.8, 4) is 0 Å². The molecule has 27 heavy (non-hydrogen) atoms. The van der Waals surface area contributed by atoms with E-state index >= 15 is 0 Å². The maximum absolute atomic E-state index is 13.2. The van der Waals surface area contributed by atoms with Crippen LogP contribution >= 0.6 is 0 Å². The van der Waals surface area contributed by atoms with Crippen molar-refractivity contribution >= 4 is 15.9 Å². The molecule has 3 rings (SSSR count). The molecular weight excluding hydrogens is 360 g/mol. The van der Waals surface area contributed by atoms with Crippen molar-refractivity contribution in [3.05, 3.63) is 29.8 Å². The molecule has 0 aromatic heterocycles. The summed E-state index contributed by atoms with van der Waals surface area (Å²) < 4.78 is 27.0. The van der Waals surface area contributed by atoms with E-state index in [1.54, 1.807) is 24.3 Å². The Morgan fingerprint density at radius 1 is 1.04 bits per heavy atom. The molecule has 1 aromatic rings. The number of benzene rings is 1. The topological polar surface area (TPSA) is 57.7 Å². The number of rotatable bonds is 8. The lowest BCUT2D eigenvalue weighted by molar-refractivity contribution is 0.0698. The van der Waals surface area contributed by atoms with Crippen LogP contribution in [0.25, 0.3) is 0 Å². The molecule has 5 nitrogen and oxygen atoms in total. The zero-order valence-electron chi connectivity index (χ0n) is 16.6. The summed E-state index contributed by atoms with van der Waals surface area (Å²) in [6, 6.07) is 6.93. The highest BCUT2D eigenvalue weighted by Gasteiger charge is 2.35. The van der Waals surface area contributed by atoms with Gasteiger partial charge in [0.15, 0.2) is 0 Å². The van der Waals surface area contributed by atoms with Crippen LogP contribution in [0.5, 0.6) is 0 Å². The third-order valence-electron chi connectivity index (χ3n) is 5.85. The molecule has 0 spiro atoms. The van der Waals surface area contributed by atoms with Crippen LogP contribution in [-0.2, 0) is 10.0 Å². The molecule has 1 aromatic carbocycles. The van der Waals surface area contributed by atoms with E-state index in [2.05, 4.69) is 0 Å². The summed E-state index contributed by atoms with van der Waals surface area (Å²) in [7, 11) is -3.55. The molecule has 0 aliphatic heterocycles. The number of hydrogen-bond donors (Lipinski definition) is 0. The Hall–Kier alpha value is -1.40. The van der Waals surface area contributed by atoms with E-state index in [1.165, 1.54) is 36.4 Å². The normalized spacial score (nSPS) is 18.6. The standard InChI is InChI=1S/C21H32N2O3S/c1-3-22(4-2)27(25,26)20-12-8-11-18(15-20)21(24)23(19-13-14-19)16-17-9-6-5-7-10-17/h8,11-12,15,17,19H,3-7,9-10,13-14,16H2,1-2H3. The number of amides is 1. The van der Waals surface area contributed by atoms with Crippen LogP contribution in [0, 0.1) is 5.92 Å². The quantitative estimate of drug-likeness (QED) is 0.674. The van der Waals surface area contributed by atoms with E-state index in [0.29, 0.717) is 30.6 Å². The zero-order valence-corrected chi connectivity index (χ0v) is 17.4. The van der Waals surface area contributed by atoms with Gasteiger partial charge in [-0.15, -0.1) is 0 Å². The van der Waals surface area contributed by atoms with E-state index in [1.807, 2.05) is 18.7 Å². The fourth-order valence-corrected chi connectivity index (χ4v) is 5.60. The Kier molecular flexibility index (Phi) is 6.58. The number of carbonyl (C=O) groups excluding carboxylic acids is 1. The first kappa shape index (κ1) is 20.3. The van der Waals surface area contributed by atoms with Crippen molar-refractivity contribution < 1.29 is 13.2 Å². The van der Waals surface area contributed by atoms with Crippen molar-refractivity contribution in [2.45, 2.75) is 69.7 Å². The molecule has 1 amide bonds. The predicted octanol–water partition coefficient (Wildman–Crippen LogP) is 3.90. The maximum Gasteiger partial charge on any atom is 0.254 e. The predicted molar refractivity (Wildman–Crippen MR) is 107 cm³/mol. The fourth-order valence-electron chi connectivity index (χ4n) is 4.10. The number of nitrogens with zero attached hydrogens (tertiary/aromatic N) is 2. The molecule has 6 heteroatoms. The first-order valence-electron chi connectivity index (χ1n) is 10.4. The van der Waals surface area contributed by atoms with Gasteiger partial charge in [0.05, 0.1) is 4.90 Å². The number of carbonyl (C=O) groups is 1. The third kappa shape index (κ3) is 4.72. The highest BCUT2D eigenvalue weighted by molar-refractivity contribution is 7.89. The summed E-state index contributed by atoms with van der Waals surface area (Å²) in [5.74, 6) is 0.575. The van der Waals surface area contributed by atoms with Gasteiger partial charge in [0.1, 0.15) is 0 Å². The summed E-state index contributed by atoms with van der Waals surface area (Å²) in [5, 5.41) is 0. The SMILES string of the molecule is CCN(CC)S(=O)(=O)c1cccc(C(=O)N(CC2CCCCC2)C2CC2)c1. The van der Waals surface area contributed by atoms with Crippen LogP contribution in [0.2, 0.25) is 0 Å². The highest BCUT2D eigenvalue weighted by Crippen LogP contribution is 2.32. The van der Waals surface area contributed by atoms with Gasteiger partial charge in [0.25, 0.3) is 5.91 Å². The molecule has 0 N–H and O–H groups in total. The van der Waals surface area contributed by atoms with Gasteiger partial charge in [-0.1, -0.05) is 39.2 Å². The third-order valence-corrected chi connectivity index (χ3v) is 7.90. The second-order valence-corrected chi connectivity index (χ2v) is 9.75. The fraction of sp³-hybridized carbons (Fsp3) is 0.667. The lowest BCUT2D eigenvalue weighted by Gasteiger charge is -2.30. The minimum Gasteiger partial charge on any atom is -0.335 e. The van der Waals surface area contributed by atoms with Gasteiger partial charge in [0.2, 0.25) is 10.0 Å². The van der Waals surface area contributed by atoms with Crippen LogP contribution in [0.4, 0.5) is 0 Å². The first-order chi connectivity index (χ1) is 13.0. The first-order valence-corrected chi connectivity index (χ1v) is 11.8. The molecule has 150 valence electrons. The molecule has 2 aliphatic carbocycles. The molecule has 2 aliphatic rings. The minimum absolute atomic E-state index is 0.0142. The molecule has 0 radical (unpaired) electrons. The van der Waals surface area contributed by atoms with Crippen LogP contribution < -0.4 is 0 Å². The molecule has 0 bridgehead atoms. The van der Waals surface area contributed by atoms with E-state index in [-0.39, 0.29) is 10.8 Å². The van der Waals surface area contributed by atoms with Gasteiger partial charge in [-0.25, -0.2) is 8.42 Å². The molecule has 0 unspecified atom stereocenters. The molecule has 0 saturated heterocycles. The van der Waals surface area contributed by atoms with E-state index in [4.69, 9.17) is 0 Å². The van der Waals surface area contributed by atoms with Crippen LogP contribution in [0.15, 0.2) is 29.2 Å². The Balaban J connectivity index is 1.81. The Labute approximate surface area is 163 Å². The smallest absolute Gasteiger partial charge is 0.254 e. The minimum atomic E-state index is -3.55. The van der Waals surface area contributed by atoms with Crippen molar-refractivity contribution in [1.82, 2.24) is 9.21 Å². The molecule has 2 fully saturated rings. The zero-order chi connectivity index (χ0) is 19.4. The lowest BCUT2D eigenvalue weighted by atomic mass is 9.89. The van der Waals surface area contributed by atoms with Crippen molar-refractivity contribution in [1.29, 1.82) is 0 Å². The summed E-state index contributed by atoms with van der Waals surface area (Å²) in [5.41, 5.74) is 0.492. The molecule has 0 heterocycles. The van der Waals surface area contributed by atoms with Gasteiger partial charge in [-0.3, -0.25) is 4.79 Å². The second kappa shape index (κ2) is 8.74. The van der Waals surface area contributed by atoms with Gasteiger partial charge in [-0.05, 0) is 49.8 Å². The molecular formula is C21H32N2O3S. The van der Waals surface area contributed by atoms with Gasteiger partial charge >= 0.3 is 0 Å². The van der Waals surface area contributed by atoms with Gasteiger partial charge in [0, 0.05) is 31.2 Å². The molecule has 2 saturated carbocycles. The number of sulfonamides is 1. The van der Waals surface area contributed by atoms with Crippen molar-refractivity contribution in [3.63, 3.8) is 0 Å². The van der Waals surface area contributed by atoms with E-state index in [0.717, 1.165) is 19.4 Å². The van der Waals surface area contributed by atoms with Crippen molar-refractivity contribution in [2.24, 2.45) is 5.92 Å². The summed E-state index contributed by atoms with van der Waals surface area (Å²) in [4.78, 5) is 15.4. The van der Waals surface area contributed by atoms with Crippen LogP contribution in [0.3, 0.4) is 0 Å². The lowest BCUT2D eigenvalue weighted by Crippen LogP contribution is -2.38. The Bertz CT molecular complexity index is 748. The average Bonchev–Trinajstić information content (AvgIpc) is 3.52. The van der Waals surface area contributed by atoms with Gasteiger partial charge in [-0.2, -0.15) is 4.31 Å². The van der Waals surface area contributed by atoms with Crippen LogP contribution in [0.1, 0.15) is 69.2 Å². The molecule has 0 atom stereocenters. The monoisotopic (exact) mass is 392 g/mol.